The Bertz CT molecular complexity index is 327. The van der Waals surface area contributed by atoms with Crippen LogP contribution in [0.2, 0.25) is 0 Å². The highest BCUT2D eigenvalue weighted by Gasteiger charge is 2.22. The lowest BCUT2D eigenvalue weighted by molar-refractivity contribution is -0.136. The molecule has 1 fully saturated rings. The van der Waals surface area contributed by atoms with E-state index >= 15 is 0 Å². The summed E-state index contributed by atoms with van der Waals surface area (Å²) >= 11 is 0. The van der Waals surface area contributed by atoms with Crippen LogP contribution in [-0.2, 0) is 16.0 Å². The van der Waals surface area contributed by atoms with E-state index in [1.54, 1.807) is 6.20 Å². The van der Waals surface area contributed by atoms with Crippen molar-refractivity contribution < 1.29 is 19.1 Å². The van der Waals surface area contributed by atoms with E-state index < -0.39 is 5.97 Å². The largest absolute Gasteiger partial charge is 0.481 e. The van der Waals surface area contributed by atoms with Gasteiger partial charge >= 0.3 is 5.97 Å². The summed E-state index contributed by atoms with van der Waals surface area (Å²) in [7, 11) is 0. The molecule has 1 aromatic rings. The van der Waals surface area contributed by atoms with Gasteiger partial charge in [0.2, 0.25) is 5.89 Å². The zero-order chi connectivity index (χ0) is 9.97. The molecule has 1 aromatic heterocycles. The molecule has 0 spiro atoms. The summed E-state index contributed by atoms with van der Waals surface area (Å²) in [6, 6.07) is 0. The number of rotatable bonds is 3. The zero-order valence-corrected chi connectivity index (χ0v) is 7.60. The fraction of sp³-hybridized carbons (Fsp3) is 0.556. The summed E-state index contributed by atoms with van der Waals surface area (Å²) in [5.74, 6) is 0.310. The van der Waals surface area contributed by atoms with Crippen LogP contribution in [0.1, 0.15) is 24.0 Å². The standard InChI is InChI=1S/C9H11NO4/c11-9(12)3-8-10-4-7(14-8)6-1-2-13-5-6/h4,6H,1-3,5H2,(H,11,12). The van der Waals surface area contributed by atoms with Crippen LogP contribution in [0.15, 0.2) is 10.6 Å². The summed E-state index contributed by atoms with van der Waals surface area (Å²) in [6.07, 6.45) is 2.35. The van der Waals surface area contributed by atoms with Crippen molar-refractivity contribution in [1.82, 2.24) is 4.98 Å². The Morgan fingerprint density at radius 1 is 1.71 bits per heavy atom. The lowest BCUT2D eigenvalue weighted by atomic mass is 10.1. The number of hydrogen-bond donors (Lipinski definition) is 1. The van der Waals surface area contributed by atoms with E-state index in [0.29, 0.717) is 6.61 Å². The highest BCUT2D eigenvalue weighted by atomic mass is 16.5. The fourth-order valence-corrected chi connectivity index (χ4v) is 1.48. The molecule has 1 atom stereocenters. The van der Waals surface area contributed by atoms with Gasteiger partial charge < -0.3 is 14.3 Å². The molecular formula is C9H11NO4. The fourth-order valence-electron chi connectivity index (χ4n) is 1.48. The minimum atomic E-state index is -0.930. The minimum Gasteiger partial charge on any atom is -0.481 e. The molecule has 0 radical (unpaired) electrons. The molecule has 0 bridgehead atoms. The molecule has 1 aliphatic rings. The Labute approximate surface area is 80.7 Å². The normalized spacial score (nSPS) is 21.3. The molecule has 0 aliphatic carbocycles. The molecule has 0 saturated carbocycles. The second-order valence-electron chi connectivity index (χ2n) is 3.29. The van der Waals surface area contributed by atoms with Crippen molar-refractivity contribution in [2.24, 2.45) is 0 Å². The van der Waals surface area contributed by atoms with Crippen LogP contribution in [-0.4, -0.2) is 29.3 Å². The molecule has 76 valence electrons. The van der Waals surface area contributed by atoms with E-state index in [1.807, 2.05) is 0 Å². The van der Waals surface area contributed by atoms with Crippen LogP contribution < -0.4 is 0 Å². The summed E-state index contributed by atoms with van der Waals surface area (Å²) in [6.45, 7) is 1.38. The van der Waals surface area contributed by atoms with E-state index in [1.165, 1.54) is 0 Å². The third-order valence-corrected chi connectivity index (χ3v) is 2.21. The average Bonchev–Trinajstić information content (AvgIpc) is 2.69. The molecule has 5 heteroatoms. The number of carboxylic acid groups (broad SMARTS) is 1. The first-order valence-electron chi connectivity index (χ1n) is 4.50. The lowest BCUT2D eigenvalue weighted by Crippen LogP contribution is -2.00. The second-order valence-corrected chi connectivity index (χ2v) is 3.29. The Morgan fingerprint density at radius 2 is 2.57 bits per heavy atom. The number of carbonyl (C=O) groups is 1. The van der Waals surface area contributed by atoms with Gasteiger partial charge in [0.1, 0.15) is 12.2 Å². The third kappa shape index (κ3) is 1.93. The van der Waals surface area contributed by atoms with Gasteiger partial charge in [-0.3, -0.25) is 4.79 Å². The van der Waals surface area contributed by atoms with Gasteiger partial charge in [-0.2, -0.15) is 0 Å². The predicted molar refractivity (Wildman–Crippen MR) is 46.0 cm³/mol. The van der Waals surface area contributed by atoms with Crippen LogP contribution >= 0.6 is 0 Å². The highest BCUT2D eigenvalue weighted by Crippen LogP contribution is 2.25. The van der Waals surface area contributed by atoms with E-state index in [2.05, 4.69) is 4.98 Å². The van der Waals surface area contributed by atoms with Crippen LogP contribution in [0, 0.1) is 0 Å². The number of ether oxygens (including phenoxy) is 1. The Balaban J connectivity index is 2.05. The van der Waals surface area contributed by atoms with Crippen LogP contribution in [0.5, 0.6) is 0 Å². The molecule has 14 heavy (non-hydrogen) atoms. The monoisotopic (exact) mass is 197 g/mol. The Hall–Kier alpha value is -1.36. The van der Waals surface area contributed by atoms with Crippen molar-refractivity contribution in [3.8, 4) is 0 Å². The molecule has 2 heterocycles. The van der Waals surface area contributed by atoms with Gasteiger partial charge in [0.15, 0.2) is 0 Å². The Morgan fingerprint density at radius 3 is 3.21 bits per heavy atom. The first kappa shape index (κ1) is 9.21. The number of carboxylic acids is 1. The minimum absolute atomic E-state index is 0.159. The summed E-state index contributed by atoms with van der Waals surface area (Å²) < 4.78 is 10.5. The van der Waals surface area contributed by atoms with Crippen molar-refractivity contribution in [1.29, 1.82) is 0 Å². The molecule has 2 rings (SSSR count). The van der Waals surface area contributed by atoms with Crippen molar-refractivity contribution in [2.75, 3.05) is 13.2 Å². The predicted octanol–water partition coefficient (Wildman–Crippen LogP) is 0.806. The van der Waals surface area contributed by atoms with E-state index in [0.717, 1.165) is 18.8 Å². The zero-order valence-electron chi connectivity index (χ0n) is 7.60. The average molecular weight is 197 g/mol. The van der Waals surface area contributed by atoms with Crippen LogP contribution in [0.3, 0.4) is 0 Å². The summed E-state index contributed by atoms with van der Waals surface area (Å²) in [5, 5.41) is 8.52. The summed E-state index contributed by atoms with van der Waals surface area (Å²) in [4.78, 5) is 14.3. The molecule has 0 aromatic carbocycles. The van der Waals surface area contributed by atoms with Gasteiger partial charge in [0.05, 0.1) is 12.8 Å². The molecule has 0 amide bonds. The number of hydrogen-bond acceptors (Lipinski definition) is 4. The second kappa shape index (κ2) is 3.79. The van der Waals surface area contributed by atoms with Crippen molar-refractivity contribution in [2.45, 2.75) is 18.8 Å². The first-order chi connectivity index (χ1) is 6.75. The first-order valence-corrected chi connectivity index (χ1v) is 4.50. The lowest BCUT2D eigenvalue weighted by Gasteiger charge is -2.00. The van der Waals surface area contributed by atoms with Gasteiger partial charge in [-0.25, -0.2) is 4.98 Å². The van der Waals surface area contributed by atoms with Crippen molar-refractivity contribution in [3.63, 3.8) is 0 Å². The van der Waals surface area contributed by atoms with Gasteiger partial charge in [-0.15, -0.1) is 0 Å². The van der Waals surface area contributed by atoms with E-state index in [-0.39, 0.29) is 18.2 Å². The third-order valence-electron chi connectivity index (χ3n) is 2.21. The molecular weight excluding hydrogens is 186 g/mol. The summed E-state index contributed by atoms with van der Waals surface area (Å²) in [5.41, 5.74) is 0. The smallest absolute Gasteiger partial charge is 0.312 e. The number of aliphatic carboxylic acids is 1. The molecule has 1 unspecified atom stereocenters. The van der Waals surface area contributed by atoms with Crippen LogP contribution in [0.25, 0.3) is 0 Å². The van der Waals surface area contributed by atoms with E-state index in [4.69, 9.17) is 14.3 Å². The van der Waals surface area contributed by atoms with Gasteiger partial charge in [-0.1, -0.05) is 0 Å². The van der Waals surface area contributed by atoms with Gasteiger partial charge in [0, 0.05) is 12.5 Å². The SMILES string of the molecule is O=C(O)Cc1ncc(C2CCOC2)o1. The molecule has 1 N–H and O–H groups in total. The quantitative estimate of drug-likeness (QED) is 0.776. The molecule has 5 nitrogen and oxygen atoms in total. The number of aromatic nitrogens is 1. The maximum Gasteiger partial charge on any atom is 0.312 e. The maximum atomic E-state index is 10.4. The van der Waals surface area contributed by atoms with Crippen LogP contribution in [0.4, 0.5) is 0 Å². The number of nitrogens with zero attached hydrogens (tertiary/aromatic N) is 1. The van der Waals surface area contributed by atoms with Gasteiger partial charge in [-0.05, 0) is 6.42 Å². The topological polar surface area (TPSA) is 72.6 Å². The Kier molecular flexibility index (Phi) is 2.49. The number of oxazole rings is 1. The molecule has 1 aliphatic heterocycles. The maximum absolute atomic E-state index is 10.4. The van der Waals surface area contributed by atoms with Crippen molar-refractivity contribution >= 4 is 5.97 Å². The van der Waals surface area contributed by atoms with Crippen molar-refractivity contribution in [3.05, 3.63) is 17.8 Å². The highest BCUT2D eigenvalue weighted by molar-refractivity contribution is 5.68. The molecule has 1 saturated heterocycles. The van der Waals surface area contributed by atoms with Gasteiger partial charge in [0.25, 0.3) is 0 Å². The van der Waals surface area contributed by atoms with E-state index in [9.17, 15) is 4.79 Å².